The van der Waals surface area contributed by atoms with Gasteiger partial charge in [0.2, 0.25) is 0 Å². The van der Waals surface area contributed by atoms with Crippen molar-refractivity contribution in [1.82, 2.24) is 15.0 Å². The van der Waals surface area contributed by atoms with Crippen molar-refractivity contribution in [1.29, 1.82) is 0 Å². The molecule has 0 saturated carbocycles. The first-order chi connectivity index (χ1) is 23.8. The van der Waals surface area contributed by atoms with E-state index >= 15 is 0 Å². The lowest BCUT2D eigenvalue weighted by atomic mass is 9.93. The zero-order chi connectivity index (χ0) is 31.6. The van der Waals surface area contributed by atoms with Crippen molar-refractivity contribution in [2.24, 2.45) is 0 Å². The molecule has 224 valence electrons. The standard InChI is InChI=1S/C43H25N3O2/c1-3-12-27(13-4-1)41-44-42(28-14-5-2-6-15-28)46-43(45-41)34-25-24-32(40-38(34)33-18-8-10-21-36(33)48-40)30-19-11-16-26-22-23-31-29-17-7-9-20-35(29)47-39(31)37(26)30/h1-25H. The SMILES string of the molecule is c1ccc(-c2nc(-c3ccccc3)nc(-c3ccc(-c4cccc5ccc6c7ccccc7oc6c45)c4oc5ccccc5c34)n2)cc1. The molecule has 0 radical (unpaired) electrons. The smallest absolute Gasteiger partial charge is 0.164 e. The summed E-state index contributed by atoms with van der Waals surface area (Å²) < 4.78 is 13.3. The number of nitrogens with zero attached hydrogens (tertiary/aromatic N) is 3. The van der Waals surface area contributed by atoms with Crippen molar-refractivity contribution in [2.75, 3.05) is 0 Å². The second kappa shape index (κ2) is 10.5. The number of furan rings is 2. The predicted octanol–water partition coefficient (Wildman–Crippen LogP) is 11.5. The zero-order valence-corrected chi connectivity index (χ0v) is 25.6. The van der Waals surface area contributed by atoms with Crippen molar-refractivity contribution >= 4 is 54.6 Å². The van der Waals surface area contributed by atoms with Gasteiger partial charge in [0, 0.05) is 49.2 Å². The maximum Gasteiger partial charge on any atom is 0.164 e. The molecule has 3 heterocycles. The van der Waals surface area contributed by atoms with Gasteiger partial charge in [-0.25, -0.2) is 15.0 Å². The normalized spacial score (nSPS) is 11.8. The minimum Gasteiger partial charge on any atom is -0.455 e. The number of benzene rings is 7. The van der Waals surface area contributed by atoms with Crippen LogP contribution in [0.1, 0.15) is 0 Å². The number of para-hydroxylation sites is 2. The fourth-order valence-electron chi connectivity index (χ4n) is 6.93. The Morgan fingerprint density at radius 2 is 0.917 bits per heavy atom. The Labute approximate surface area is 274 Å². The quantitative estimate of drug-likeness (QED) is 0.197. The summed E-state index contributed by atoms with van der Waals surface area (Å²) in [5.41, 5.74) is 8.07. The maximum atomic E-state index is 6.75. The van der Waals surface area contributed by atoms with E-state index in [-0.39, 0.29) is 0 Å². The molecule has 0 spiro atoms. The predicted molar refractivity (Wildman–Crippen MR) is 194 cm³/mol. The third-order valence-corrected chi connectivity index (χ3v) is 9.14. The summed E-state index contributed by atoms with van der Waals surface area (Å²) in [6, 6.07) is 51.4. The number of aromatic nitrogens is 3. The molecule has 0 amide bonds. The van der Waals surface area contributed by atoms with Gasteiger partial charge >= 0.3 is 0 Å². The lowest BCUT2D eigenvalue weighted by Gasteiger charge is -2.12. The third-order valence-electron chi connectivity index (χ3n) is 9.14. The van der Waals surface area contributed by atoms with Gasteiger partial charge in [-0.1, -0.05) is 121 Å². The van der Waals surface area contributed by atoms with Crippen LogP contribution in [0.3, 0.4) is 0 Å². The number of hydrogen-bond acceptors (Lipinski definition) is 5. The van der Waals surface area contributed by atoms with Crippen LogP contribution in [0.15, 0.2) is 160 Å². The summed E-state index contributed by atoms with van der Waals surface area (Å²) in [5, 5.41) is 6.31. The first-order valence-corrected chi connectivity index (χ1v) is 15.9. The molecule has 0 aliphatic heterocycles. The Balaban J connectivity index is 1.28. The zero-order valence-electron chi connectivity index (χ0n) is 25.6. The number of fused-ring (bicyclic) bond motifs is 8. The van der Waals surface area contributed by atoms with E-state index in [1.165, 1.54) is 0 Å². The Morgan fingerprint density at radius 3 is 1.65 bits per heavy atom. The van der Waals surface area contributed by atoms with Crippen LogP contribution in [0.25, 0.3) is 99.9 Å². The Kier molecular flexibility index (Phi) is 5.81. The van der Waals surface area contributed by atoms with Crippen LogP contribution in [0.2, 0.25) is 0 Å². The van der Waals surface area contributed by atoms with Crippen molar-refractivity contribution in [3.8, 4) is 45.3 Å². The van der Waals surface area contributed by atoms with E-state index in [2.05, 4.69) is 60.7 Å². The second-order valence-electron chi connectivity index (χ2n) is 11.9. The first kappa shape index (κ1) is 26.6. The fourth-order valence-corrected chi connectivity index (χ4v) is 6.93. The third kappa shape index (κ3) is 4.08. The minimum atomic E-state index is 0.586. The lowest BCUT2D eigenvalue weighted by Crippen LogP contribution is -2.00. The average Bonchev–Trinajstić information content (AvgIpc) is 3.74. The summed E-state index contributed by atoms with van der Waals surface area (Å²) in [4.78, 5) is 15.1. The van der Waals surface area contributed by atoms with Crippen LogP contribution in [-0.2, 0) is 0 Å². The molecule has 3 aromatic heterocycles. The first-order valence-electron chi connectivity index (χ1n) is 15.9. The van der Waals surface area contributed by atoms with Gasteiger partial charge in [0.25, 0.3) is 0 Å². The van der Waals surface area contributed by atoms with Crippen LogP contribution >= 0.6 is 0 Å². The van der Waals surface area contributed by atoms with E-state index in [9.17, 15) is 0 Å². The molecule has 0 aliphatic rings. The minimum absolute atomic E-state index is 0.586. The van der Waals surface area contributed by atoms with E-state index in [1.54, 1.807) is 0 Å². The van der Waals surface area contributed by atoms with Crippen molar-refractivity contribution < 1.29 is 8.83 Å². The van der Waals surface area contributed by atoms with Gasteiger partial charge in [-0.05, 0) is 41.3 Å². The molecule has 7 aromatic carbocycles. The number of hydrogen-bond donors (Lipinski definition) is 0. The van der Waals surface area contributed by atoms with Gasteiger partial charge in [-0.3, -0.25) is 0 Å². The van der Waals surface area contributed by atoms with E-state index in [1.807, 2.05) is 91.0 Å². The van der Waals surface area contributed by atoms with Gasteiger partial charge in [-0.15, -0.1) is 0 Å². The van der Waals surface area contributed by atoms with Crippen LogP contribution in [0.4, 0.5) is 0 Å². The lowest BCUT2D eigenvalue weighted by molar-refractivity contribution is 0.670. The van der Waals surface area contributed by atoms with Gasteiger partial charge in [0.05, 0.1) is 0 Å². The second-order valence-corrected chi connectivity index (χ2v) is 11.9. The molecule has 5 heteroatoms. The van der Waals surface area contributed by atoms with E-state index in [0.29, 0.717) is 17.5 Å². The molecule has 0 atom stereocenters. The molecule has 10 rings (SSSR count). The maximum absolute atomic E-state index is 6.75. The van der Waals surface area contributed by atoms with E-state index in [4.69, 9.17) is 23.8 Å². The fraction of sp³-hybridized carbons (Fsp3) is 0. The summed E-state index contributed by atoms with van der Waals surface area (Å²) in [7, 11) is 0. The van der Waals surface area contributed by atoms with Crippen LogP contribution in [-0.4, -0.2) is 15.0 Å². The van der Waals surface area contributed by atoms with E-state index < -0.39 is 0 Å². The van der Waals surface area contributed by atoms with Crippen LogP contribution in [0, 0.1) is 0 Å². The highest BCUT2D eigenvalue weighted by atomic mass is 16.3. The Hall–Kier alpha value is -6.59. The highest BCUT2D eigenvalue weighted by molar-refractivity contribution is 6.22. The highest BCUT2D eigenvalue weighted by Gasteiger charge is 2.22. The summed E-state index contributed by atoms with van der Waals surface area (Å²) in [5.74, 6) is 1.82. The van der Waals surface area contributed by atoms with Crippen LogP contribution < -0.4 is 0 Å². The monoisotopic (exact) mass is 615 g/mol. The van der Waals surface area contributed by atoms with Crippen LogP contribution in [0.5, 0.6) is 0 Å². The van der Waals surface area contributed by atoms with Gasteiger partial charge in [0.1, 0.15) is 22.3 Å². The number of rotatable bonds is 4. The highest BCUT2D eigenvalue weighted by Crippen LogP contribution is 2.45. The molecule has 0 N–H and O–H groups in total. The van der Waals surface area contributed by atoms with Gasteiger partial charge in [0.15, 0.2) is 17.5 Å². The molecule has 0 aliphatic carbocycles. The summed E-state index contributed by atoms with van der Waals surface area (Å²) in [6.45, 7) is 0. The topological polar surface area (TPSA) is 65.0 Å². The summed E-state index contributed by atoms with van der Waals surface area (Å²) in [6.07, 6.45) is 0. The molecule has 0 fully saturated rings. The average molecular weight is 616 g/mol. The molecule has 10 aromatic rings. The van der Waals surface area contributed by atoms with E-state index in [0.717, 1.165) is 82.5 Å². The molecule has 0 unspecified atom stereocenters. The Bertz CT molecular complexity index is 2780. The molecule has 0 bridgehead atoms. The van der Waals surface area contributed by atoms with Crippen molar-refractivity contribution in [2.45, 2.75) is 0 Å². The van der Waals surface area contributed by atoms with Crippen molar-refractivity contribution in [3.63, 3.8) is 0 Å². The summed E-state index contributed by atoms with van der Waals surface area (Å²) >= 11 is 0. The Morgan fingerprint density at radius 1 is 0.333 bits per heavy atom. The van der Waals surface area contributed by atoms with Gasteiger partial charge < -0.3 is 8.83 Å². The molecular formula is C43H25N3O2. The molecular weight excluding hydrogens is 590 g/mol. The largest absolute Gasteiger partial charge is 0.455 e. The molecule has 48 heavy (non-hydrogen) atoms. The van der Waals surface area contributed by atoms with Gasteiger partial charge in [-0.2, -0.15) is 0 Å². The molecule has 5 nitrogen and oxygen atoms in total. The van der Waals surface area contributed by atoms with Crippen molar-refractivity contribution in [3.05, 3.63) is 152 Å². The molecule has 0 saturated heterocycles.